The Kier molecular flexibility index (Phi) is 5.50. The summed E-state index contributed by atoms with van der Waals surface area (Å²) in [4.78, 5) is 29.9. The average molecular weight is 356 g/mol. The molecule has 0 bridgehead atoms. The van der Waals surface area contributed by atoms with Crippen LogP contribution in [0.3, 0.4) is 0 Å². The molecular weight excluding hydrogens is 332 g/mol. The van der Waals surface area contributed by atoms with Crippen molar-refractivity contribution in [2.45, 2.75) is 40.0 Å². The second-order valence-electron chi connectivity index (χ2n) is 6.66. The van der Waals surface area contributed by atoms with Gasteiger partial charge in [0.1, 0.15) is 0 Å². The highest BCUT2D eigenvalue weighted by atomic mass is 16.2. The summed E-state index contributed by atoms with van der Waals surface area (Å²) in [5.74, 6) is 0.154. The van der Waals surface area contributed by atoms with Gasteiger partial charge in [0.2, 0.25) is 5.91 Å². The number of nitrogens with zero attached hydrogens (tertiary/aromatic N) is 4. The molecule has 0 fully saturated rings. The van der Waals surface area contributed by atoms with E-state index in [-0.39, 0.29) is 17.9 Å². The van der Waals surface area contributed by atoms with Gasteiger partial charge in [0, 0.05) is 31.4 Å². The van der Waals surface area contributed by atoms with Crippen LogP contribution in [0.15, 0.2) is 30.6 Å². The van der Waals surface area contributed by atoms with Gasteiger partial charge < -0.3 is 15.5 Å². The Balaban J connectivity index is 1.49. The summed E-state index contributed by atoms with van der Waals surface area (Å²) in [7, 11) is 0. The summed E-state index contributed by atoms with van der Waals surface area (Å²) in [6.45, 7) is 6.51. The van der Waals surface area contributed by atoms with E-state index in [1.165, 1.54) is 0 Å². The van der Waals surface area contributed by atoms with Crippen LogP contribution in [0.5, 0.6) is 0 Å². The maximum atomic E-state index is 12.1. The Hall–Kier alpha value is -2.90. The lowest BCUT2D eigenvalue weighted by Crippen LogP contribution is -2.40. The van der Waals surface area contributed by atoms with Gasteiger partial charge in [0.25, 0.3) is 0 Å². The van der Waals surface area contributed by atoms with Crippen LogP contribution < -0.4 is 10.6 Å². The van der Waals surface area contributed by atoms with Gasteiger partial charge in [-0.2, -0.15) is 5.10 Å². The minimum Gasteiger partial charge on any atom is -0.335 e. The standard InChI is InChI=1S/C18H24N6O2/c1-13(2)17(25)23-6-7-24-16(12-23)8-15(22-24)11-21-18(26)20-10-14-4-3-5-19-9-14/h3-5,8-9,13H,6-7,10-12H2,1-2H3,(H2,20,21,26). The van der Waals surface area contributed by atoms with Crippen LogP contribution in [-0.2, 0) is 31.0 Å². The number of amides is 3. The fourth-order valence-electron chi connectivity index (χ4n) is 2.88. The van der Waals surface area contributed by atoms with E-state index in [1.807, 2.05) is 41.6 Å². The maximum Gasteiger partial charge on any atom is 0.315 e. The Morgan fingerprint density at radius 1 is 1.23 bits per heavy atom. The Bertz CT molecular complexity index is 771. The van der Waals surface area contributed by atoms with E-state index >= 15 is 0 Å². The molecule has 2 aromatic rings. The van der Waals surface area contributed by atoms with Crippen molar-refractivity contribution < 1.29 is 9.59 Å². The first-order chi connectivity index (χ1) is 12.5. The summed E-state index contributed by atoms with van der Waals surface area (Å²) < 4.78 is 1.91. The quantitative estimate of drug-likeness (QED) is 0.844. The third-order valence-corrected chi connectivity index (χ3v) is 4.26. The predicted octanol–water partition coefficient (Wildman–Crippen LogP) is 1.28. The van der Waals surface area contributed by atoms with Crippen molar-refractivity contribution in [2.24, 2.45) is 5.92 Å². The molecule has 3 heterocycles. The fraction of sp³-hybridized carbons (Fsp3) is 0.444. The lowest BCUT2D eigenvalue weighted by atomic mass is 10.1. The zero-order valence-corrected chi connectivity index (χ0v) is 15.1. The van der Waals surface area contributed by atoms with Crippen LogP contribution in [0, 0.1) is 5.92 Å². The van der Waals surface area contributed by atoms with E-state index in [1.54, 1.807) is 12.4 Å². The van der Waals surface area contributed by atoms with Crippen molar-refractivity contribution in [3.05, 3.63) is 47.5 Å². The van der Waals surface area contributed by atoms with Gasteiger partial charge >= 0.3 is 6.03 Å². The van der Waals surface area contributed by atoms with Crippen LogP contribution in [0.2, 0.25) is 0 Å². The van der Waals surface area contributed by atoms with Gasteiger partial charge in [0.15, 0.2) is 0 Å². The van der Waals surface area contributed by atoms with Gasteiger partial charge in [-0.15, -0.1) is 0 Å². The molecular formula is C18H24N6O2. The Labute approximate surface area is 152 Å². The number of hydrogen-bond acceptors (Lipinski definition) is 4. The summed E-state index contributed by atoms with van der Waals surface area (Å²) in [6.07, 6.45) is 3.41. The number of nitrogens with one attached hydrogen (secondary N) is 2. The summed E-state index contributed by atoms with van der Waals surface area (Å²) in [5.41, 5.74) is 2.73. The largest absolute Gasteiger partial charge is 0.335 e. The molecule has 0 aromatic carbocycles. The van der Waals surface area contributed by atoms with Gasteiger partial charge in [-0.05, 0) is 17.7 Å². The highest BCUT2D eigenvalue weighted by Gasteiger charge is 2.23. The monoisotopic (exact) mass is 356 g/mol. The summed E-state index contributed by atoms with van der Waals surface area (Å²) in [6, 6.07) is 5.43. The number of urea groups is 1. The lowest BCUT2D eigenvalue weighted by molar-refractivity contribution is -0.136. The molecule has 2 aromatic heterocycles. The molecule has 0 saturated carbocycles. The van der Waals surface area contributed by atoms with Gasteiger partial charge in [-0.25, -0.2) is 4.79 Å². The van der Waals surface area contributed by atoms with Crippen molar-refractivity contribution in [2.75, 3.05) is 6.54 Å². The SMILES string of the molecule is CC(C)C(=O)N1CCn2nc(CNC(=O)NCc3cccnc3)cc2C1. The van der Waals surface area contributed by atoms with Crippen LogP contribution >= 0.6 is 0 Å². The third-order valence-electron chi connectivity index (χ3n) is 4.26. The first-order valence-electron chi connectivity index (χ1n) is 8.78. The zero-order valence-electron chi connectivity index (χ0n) is 15.1. The van der Waals surface area contributed by atoms with Gasteiger partial charge in [-0.1, -0.05) is 19.9 Å². The van der Waals surface area contributed by atoms with Crippen LogP contribution in [-0.4, -0.2) is 38.1 Å². The number of fused-ring (bicyclic) bond motifs is 1. The topological polar surface area (TPSA) is 92.2 Å². The van der Waals surface area contributed by atoms with E-state index in [0.717, 1.165) is 17.0 Å². The van der Waals surface area contributed by atoms with E-state index in [4.69, 9.17) is 0 Å². The number of rotatable bonds is 5. The molecule has 3 amide bonds. The maximum absolute atomic E-state index is 12.1. The van der Waals surface area contributed by atoms with E-state index in [2.05, 4.69) is 20.7 Å². The molecule has 1 aliphatic heterocycles. The van der Waals surface area contributed by atoms with Crippen molar-refractivity contribution in [1.82, 2.24) is 30.3 Å². The van der Waals surface area contributed by atoms with Gasteiger partial charge in [0.05, 0.1) is 31.0 Å². The number of hydrogen-bond donors (Lipinski definition) is 2. The minimum absolute atomic E-state index is 0.00545. The molecule has 0 atom stereocenters. The molecule has 0 radical (unpaired) electrons. The van der Waals surface area contributed by atoms with Crippen LogP contribution in [0.25, 0.3) is 0 Å². The highest BCUT2D eigenvalue weighted by Crippen LogP contribution is 2.15. The van der Waals surface area contributed by atoms with E-state index in [0.29, 0.717) is 32.7 Å². The predicted molar refractivity (Wildman–Crippen MR) is 95.8 cm³/mol. The second kappa shape index (κ2) is 7.99. The molecule has 8 nitrogen and oxygen atoms in total. The van der Waals surface area contributed by atoms with Crippen molar-refractivity contribution in [3.63, 3.8) is 0 Å². The van der Waals surface area contributed by atoms with E-state index < -0.39 is 0 Å². The molecule has 0 aliphatic carbocycles. The molecule has 8 heteroatoms. The van der Waals surface area contributed by atoms with Gasteiger partial charge in [-0.3, -0.25) is 14.5 Å². The Morgan fingerprint density at radius 2 is 2.04 bits per heavy atom. The first kappa shape index (κ1) is 17.9. The second-order valence-corrected chi connectivity index (χ2v) is 6.66. The van der Waals surface area contributed by atoms with Crippen LogP contribution in [0.4, 0.5) is 4.79 Å². The molecule has 138 valence electrons. The van der Waals surface area contributed by atoms with Crippen LogP contribution in [0.1, 0.15) is 30.8 Å². The molecule has 26 heavy (non-hydrogen) atoms. The highest BCUT2D eigenvalue weighted by molar-refractivity contribution is 5.78. The number of pyridine rings is 1. The molecule has 0 spiro atoms. The van der Waals surface area contributed by atoms with E-state index in [9.17, 15) is 9.59 Å². The molecule has 0 saturated heterocycles. The summed E-state index contributed by atoms with van der Waals surface area (Å²) in [5, 5.41) is 10.1. The molecule has 1 aliphatic rings. The molecule has 2 N–H and O–H groups in total. The number of carbonyl (C=O) groups excluding carboxylic acids is 2. The number of carbonyl (C=O) groups is 2. The molecule has 0 unspecified atom stereocenters. The van der Waals surface area contributed by atoms with Crippen molar-refractivity contribution >= 4 is 11.9 Å². The first-order valence-corrected chi connectivity index (χ1v) is 8.78. The molecule has 3 rings (SSSR count). The van der Waals surface area contributed by atoms with Crippen molar-refractivity contribution in [3.8, 4) is 0 Å². The smallest absolute Gasteiger partial charge is 0.315 e. The fourth-order valence-corrected chi connectivity index (χ4v) is 2.88. The minimum atomic E-state index is -0.253. The normalized spacial score (nSPS) is 13.4. The number of aromatic nitrogens is 3. The summed E-state index contributed by atoms with van der Waals surface area (Å²) >= 11 is 0. The lowest BCUT2D eigenvalue weighted by Gasteiger charge is -2.29. The zero-order chi connectivity index (χ0) is 18.5. The third kappa shape index (κ3) is 4.38. The van der Waals surface area contributed by atoms with Crippen molar-refractivity contribution in [1.29, 1.82) is 0 Å². The average Bonchev–Trinajstić information content (AvgIpc) is 3.07. The Morgan fingerprint density at radius 3 is 2.77 bits per heavy atom.